The molecule has 5 heteroatoms. The first-order chi connectivity index (χ1) is 7.36. The molecule has 0 spiro atoms. The lowest BCUT2D eigenvalue weighted by atomic mass is 10.0. The van der Waals surface area contributed by atoms with Gasteiger partial charge in [0.05, 0.1) is 0 Å². The van der Waals surface area contributed by atoms with Gasteiger partial charge in [0, 0.05) is 18.9 Å². The first-order valence-corrected chi connectivity index (χ1v) is 6.30. The van der Waals surface area contributed by atoms with Gasteiger partial charge in [0.2, 0.25) is 0 Å². The Morgan fingerprint density at radius 2 is 2.07 bits per heavy atom. The Hall–Kier alpha value is -0.840. The van der Waals surface area contributed by atoms with E-state index in [2.05, 4.69) is 15.3 Å². The van der Waals surface area contributed by atoms with Crippen LogP contribution in [0.25, 0.3) is 0 Å². The maximum atomic E-state index is 13.1. The largest absolute Gasteiger partial charge is 0.366 e. The number of halogens is 1. The van der Waals surface area contributed by atoms with Crippen LogP contribution in [-0.4, -0.2) is 28.0 Å². The van der Waals surface area contributed by atoms with Crippen LogP contribution in [0.2, 0.25) is 0 Å². The van der Waals surface area contributed by atoms with E-state index < -0.39 is 5.95 Å². The topological polar surface area (TPSA) is 37.8 Å². The van der Waals surface area contributed by atoms with Gasteiger partial charge < -0.3 is 5.32 Å². The van der Waals surface area contributed by atoms with Crippen LogP contribution < -0.4 is 5.32 Å². The summed E-state index contributed by atoms with van der Waals surface area (Å²) in [6, 6.07) is 0. The summed E-state index contributed by atoms with van der Waals surface area (Å²) in [6.45, 7) is 0.802. The quantitative estimate of drug-likeness (QED) is 0.858. The second-order valence-electron chi connectivity index (χ2n) is 3.63. The number of hydrogen-bond donors (Lipinski definition) is 1. The number of nitrogens with one attached hydrogen (secondary N) is 1. The van der Waals surface area contributed by atoms with Gasteiger partial charge in [0.1, 0.15) is 0 Å². The molecule has 1 aromatic rings. The monoisotopic (exact) mass is 227 g/mol. The first-order valence-electron chi connectivity index (χ1n) is 5.14. The van der Waals surface area contributed by atoms with E-state index in [1.54, 1.807) is 0 Å². The van der Waals surface area contributed by atoms with Crippen molar-refractivity contribution in [3.63, 3.8) is 0 Å². The highest BCUT2D eigenvalue weighted by molar-refractivity contribution is 7.99. The van der Waals surface area contributed by atoms with E-state index in [0.717, 1.165) is 6.54 Å². The lowest BCUT2D eigenvalue weighted by Gasteiger charge is -2.21. The fourth-order valence-electron chi connectivity index (χ4n) is 1.63. The molecule has 1 fully saturated rings. The molecule has 0 unspecified atom stereocenters. The fraction of sp³-hybridized carbons (Fsp3) is 0.600. The molecule has 0 bridgehead atoms. The standard InChI is InChI=1S/C10H14FN3S/c11-9-10(13-4-3-12-9)14-7-8-1-5-15-6-2-8/h3-4,8H,1-2,5-7H2,(H,13,14). The summed E-state index contributed by atoms with van der Waals surface area (Å²) < 4.78 is 13.1. The molecule has 15 heavy (non-hydrogen) atoms. The second-order valence-corrected chi connectivity index (χ2v) is 4.86. The van der Waals surface area contributed by atoms with Gasteiger partial charge in [-0.1, -0.05) is 0 Å². The molecule has 1 N–H and O–H groups in total. The minimum absolute atomic E-state index is 0.274. The zero-order valence-electron chi connectivity index (χ0n) is 8.45. The van der Waals surface area contributed by atoms with Crippen LogP contribution in [0.5, 0.6) is 0 Å². The van der Waals surface area contributed by atoms with Crippen molar-refractivity contribution in [2.45, 2.75) is 12.8 Å². The number of hydrogen-bond acceptors (Lipinski definition) is 4. The molecule has 0 amide bonds. The van der Waals surface area contributed by atoms with Crippen LogP contribution in [-0.2, 0) is 0 Å². The molecule has 0 radical (unpaired) electrons. The molecule has 1 saturated heterocycles. The number of anilines is 1. The number of nitrogens with zero attached hydrogens (tertiary/aromatic N) is 2. The van der Waals surface area contributed by atoms with Crippen molar-refractivity contribution < 1.29 is 4.39 Å². The van der Waals surface area contributed by atoms with Crippen molar-refractivity contribution in [1.29, 1.82) is 0 Å². The summed E-state index contributed by atoms with van der Waals surface area (Å²) in [7, 11) is 0. The maximum absolute atomic E-state index is 13.1. The van der Waals surface area contributed by atoms with E-state index >= 15 is 0 Å². The summed E-state index contributed by atoms with van der Waals surface area (Å²) in [4.78, 5) is 7.46. The molecule has 1 aliphatic heterocycles. The maximum Gasteiger partial charge on any atom is 0.255 e. The highest BCUT2D eigenvalue weighted by Crippen LogP contribution is 2.22. The third kappa shape index (κ3) is 3.06. The van der Waals surface area contributed by atoms with E-state index in [4.69, 9.17) is 0 Å². The second kappa shape index (κ2) is 5.30. The van der Waals surface area contributed by atoms with Gasteiger partial charge in [0.25, 0.3) is 5.95 Å². The highest BCUT2D eigenvalue weighted by atomic mass is 32.2. The Balaban J connectivity index is 1.84. The molecule has 1 aliphatic rings. The van der Waals surface area contributed by atoms with Crippen LogP contribution in [0.1, 0.15) is 12.8 Å². The highest BCUT2D eigenvalue weighted by Gasteiger charge is 2.14. The molecule has 0 aliphatic carbocycles. The van der Waals surface area contributed by atoms with Crippen molar-refractivity contribution in [3.05, 3.63) is 18.3 Å². The molecule has 82 valence electrons. The van der Waals surface area contributed by atoms with E-state index in [1.807, 2.05) is 11.8 Å². The number of aromatic nitrogens is 2. The molecule has 0 aromatic carbocycles. The summed E-state index contributed by atoms with van der Waals surface area (Å²) in [6.07, 6.45) is 5.28. The first kappa shape index (κ1) is 10.7. The molecule has 0 atom stereocenters. The Bertz CT molecular complexity index is 315. The molecule has 1 aromatic heterocycles. The van der Waals surface area contributed by atoms with Crippen LogP contribution in [0, 0.1) is 11.9 Å². The summed E-state index contributed by atoms with van der Waals surface area (Å²) in [5.41, 5.74) is 0. The third-order valence-corrected chi connectivity index (χ3v) is 3.60. The van der Waals surface area contributed by atoms with Crippen molar-refractivity contribution in [2.75, 3.05) is 23.4 Å². The Morgan fingerprint density at radius 1 is 1.33 bits per heavy atom. The Kier molecular flexibility index (Phi) is 3.77. The predicted molar refractivity (Wildman–Crippen MR) is 60.5 cm³/mol. The van der Waals surface area contributed by atoms with E-state index in [9.17, 15) is 4.39 Å². The lowest BCUT2D eigenvalue weighted by molar-refractivity contribution is 0.510. The average Bonchev–Trinajstić information content (AvgIpc) is 2.29. The van der Waals surface area contributed by atoms with Gasteiger partial charge in [-0.05, 0) is 30.3 Å². The fourth-order valence-corrected chi connectivity index (χ4v) is 2.84. The van der Waals surface area contributed by atoms with Crippen LogP contribution in [0.15, 0.2) is 12.4 Å². The molecule has 2 rings (SSSR count). The molecular formula is C10H14FN3S. The van der Waals surface area contributed by atoms with E-state index in [1.165, 1.54) is 36.7 Å². The van der Waals surface area contributed by atoms with Gasteiger partial charge in [-0.3, -0.25) is 0 Å². The molecule has 3 nitrogen and oxygen atoms in total. The van der Waals surface area contributed by atoms with E-state index in [0.29, 0.717) is 5.92 Å². The van der Waals surface area contributed by atoms with Gasteiger partial charge in [-0.15, -0.1) is 0 Å². The van der Waals surface area contributed by atoms with Crippen LogP contribution in [0.3, 0.4) is 0 Å². The van der Waals surface area contributed by atoms with Crippen LogP contribution in [0.4, 0.5) is 10.2 Å². The third-order valence-electron chi connectivity index (χ3n) is 2.55. The smallest absolute Gasteiger partial charge is 0.255 e. The van der Waals surface area contributed by atoms with Crippen molar-refractivity contribution in [3.8, 4) is 0 Å². The zero-order chi connectivity index (χ0) is 10.5. The van der Waals surface area contributed by atoms with Gasteiger partial charge in [0.15, 0.2) is 5.82 Å². The van der Waals surface area contributed by atoms with Gasteiger partial charge >= 0.3 is 0 Å². The van der Waals surface area contributed by atoms with Crippen molar-refractivity contribution in [1.82, 2.24) is 9.97 Å². The summed E-state index contributed by atoms with van der Waals surface area (Å²) in [5.74, 6) is 2.84. The summed E-state index contributed by atoms with van der Waals surface area (Å²) in [5, 5.41) is 3.02. The van der Waals surface area contributed by atoms with Crippen molar-refractivity contribution >= 4 is 17.6 Å². The Labute approximate surface area is 92.9 Å². The van der Waals surface area contributed by atoms with Crippen molar-refractivity contribution in [2.24, 2.45) is 5.92 Å². The lowest BCUT2D eigenvalue weighted by Crippen LogP contribution is -2.20. The number of thioether (sulfide) groups is 1. The van der Waals surface area contributed by atoms with Gasteiger partial charge in [-0.2, -0.15) is 16.2 Å². The summed E-state index contributed by atoms with van der Waals surface area (Å²) >= 11 is 1.99. The van der Waals surface area contributed by atoms with E-state index in [-0.39, 0.29) is 5.82 Å². The normalized spacial score (nSPS) is 17.7. The van der Waals surface area contributed by atoms with Gasteiger partial charge in [-0.25, -0.2) is 9.97 Å². The zero-order valence-corrected chi connectivity index (χ0v) is 9.26. The van der Waals surface area contributed by atoms with Crippen LogP contribution >= 0.6 is 11.8 Å². The minimum atomic E-state index is -0.511. The SMILES string of the molecule is Fc1nccnc1NCC1CCSCC1. The molecule has 0 saturated carbocycles. The molecule has 2 heterocycles. The number of rotatable bonds is 3. The Morgan fingerprint density at radius 3 is 2.80 bits per heavy atom. The minimum Gasteiger partial charge on any atom is -0.366 e. The average molecular weight is 227 g/mol. The molecular weight excluding hydrogens is 213 g/mol. The predicted octanol–water partition coefficient (Wildman–Crippen LogP) is 2.17.